The Morgan fingerprint density at radius 3 is 3.00 bits per heavy atom. The van der Waals surface area contributed by atoms with Crippen LogP contribution in [0.2, 0.25) is 0 Å². The number of nitrogens with zero attached hydrogens (tertiary/aromatic N) is 3. The van der Waals surface area contributed by atoms with Crippen molar-refractivity contribution in [3.63, 3.8) is 0 Å². The molecule has 0 aliphatic rings. The van der Waals surface area contributed by atoms with Gasteiger partial charge in [-0.2, -0.15) is 0 Å². The Hall–Kier alpha value is -1.70. The second kappa shape index (κ2) is 3.13. The molecule has 0 atom stereocenters. The van der Waals surface area contributed by atoms with Gasteiger partial charge in [-0.15, -0.1) is 0 Å². The molecule has 1 aromatic rings. The summed E-state index contributed by atoms with van der Waals surface area (Å²) in [5.41, 5.74) is 5.16. The minimum Gasteiger partial charge on any atom is -0.409 e. The van der Waals surface area contributed by atoms with E-state index in [2.05, 4.69) is 10.1 Å². The summed E-state index contributed by atoms with van der Waals surface area (Å²) in [5.74, 6) is -0.180. The topological polar surface area (TPSA) is 115 Å². The van der Waals surface area contributed by atoms with E-state index < -0.39 is 4.92 Å². The molecule has 0 amide bonds. The zero-order chi connectivity index (χ0) is 9.14. The van der Waals surface area contributed by atoms with E-state index in [0.717, 1.165) is 11.3 Å². The lowest BCUT2D eigenvalue weighted by Crippen LogP contribution is -2.10. The van der Waals surface area contributed by atoms with Gasteiger partial charge in [0.05, 0.1) is 0 Å². The van der Waals surface area contributed by atoms with Crippen molar-refractivity contribution >= 4 is 22.3 Å². The maximum Gasteiger partial charge on any atom is 0.423 e. The van der Waals surface area contributed by atoms with Crippen molar-refractivity contribution in [1.82, 2.24) is 4.98 Å². The molecule has 12 heavy (non-hydrogen) atoms. The first-order chi connectivity index (χ1) is 5.65. The molecule has 8 heteroatoms. The van der Waals surface area contributed by atoms with Crippen molar-refractivity contribution < 1.29 is 10.1 Å². The van der Waals surface area contributed by atoms with Crippen LogP contribution in [-0.4, -0.2) is 21.0 Å². The quantitative estimate of drug-likeness (QED) is 0.225. The molecule has 64 valence electrons. The van der Waals surface area contributed by atoms with Gasteiger partial charge < -0.3 is 21.1 Å². The Bertz CT molecular complexity index is 333. The molecule has 0 radical (unpaired) electrons. The van der Waals surface area contributed by atoms with Crippen molar-refractivity contribution in [2.24, 2.45) is 10.9 Å². The number of nitrogens with two attached hydrogens (primary N) is 1. The number of aromatic nitrogens is 1. The van der Waals surface area contributed by atoms with Gasteiger partial charge in [0.25, 0.3) is 0 Å². The molecule has 7 nitrogen and oxygen atoms in total. The smallest absolute Gasteiger partial charge is 0.409 e. The summed E-state index contributed by atoms with van der Waals surface area (Å²) in [6.45, 7) is 0. The van der Waals surface area contributed by atoms with Crippen LogP contribution in [0.5, 0.6) is 0 Å². The molecule has 1 heterocycles. The van der Waals surface area contributed by atoms with Gasteiger partial charge >= 0.3 is 5.13 Å². The highest BCUT2D eigenvalue weighted by molar-refractivity contribution is 7.16. The second-order valence-electron chi connectivity index (χ2n) is 1.75. The van der Waals surface area contributed by atoms with Crippen LogP contribution in [0.15, 0.2) is 11.4 Å². The van der Waals surface area contributed by atoms with Gasteiger partial charge in [-0.1, -0.05) is 5.16 Å². The average molecular weight is 188 g/mol. The zero-order valence-electron chi connectivity index (χ0n) is 5.67. The van der Waals surface area contributed by atoms with Crippen molar-refractivity contribution in [3.05, 3.63) is 21.2 Å². The molecular weight excluding hydrogens is 184 g/mol. The predicted octanol–water partition coefficient (Wildman–Crippen LogP) is 0.146. The van der Waals surface area contributed by atoms with Crippen molar-refractivity contribution in [2.75, 3.05) is 0 Å². The van der Waals surface area contributed by atoms with E-state index in [-0.39, 0.29) is 15.8 Å². The zero-order valence-corrected chi connectivity index (χ0v) is 6.48. The molecule has 0 aliphatic carbocycles. The fourth-order valence-electron chi connectivity index (χ4n) is 0.517. The first-order valence-electron chi connectivity index (χ1n) is 2.73. The summed E-state index contributed by atoms with van der Waals surface area (Å²) in [5, 5.41) is 20.7. The van der Waals surface area contributed by atoms with E-state index in [1.165, 1.54) is 6.20 Å². The number of nitro groups is 1. The highest BCUT2D eigenvalue weighted by Crippen LogP contribution is 2.19. The van der Waals surface area contributed by atoms with Crippen LogP contribution in [0.25, 0.3) is 0 Å². The predicted molar refractivity (Wildman–Crippen MR) is 41.3 cm³/mol. The molecule has 3 N–H and O–H groups in total. The van der Waals surface area contributed by atoms with Crippen molar-refractivity contribution in [2.45, 2.75) is 0 Å². The van der Waals surface area contributed by atoms with Gasteiger partial charge in [0, 0.05) is 0 Å². The number of hydrogen-bond acceptors (Lipinski definition) is 6. The Balaban J connectivity index is 2.99. The van der Waals surface area contributed by atoms with Crippen molar-refractivity contribution in [1.29, 1.82) is 0 Å². The summed E-state index contributed by atoms with van der Waals surface area (Å²) in [6.07, 6.45) is 1.18. The minimum absolute atomic E-state index is 0.180. The van der Waals surface area contributed by atoms with Crippen LogP contribution in [0.3, 0.4) is 0 Å². The summed E-state index contributed by atoms with van der Waals surface area (Å²) in [7, 11) is 0. The maximum atomic E-state index is 10.1. The highest BCUT2D eigenvalue weighted by atomic mass is 32.1. The summed E-state index contributed by atoms with van der Waals surface area (Å²) >= 11 is 0.748. The summed E-state index contributed by atoms with van der Waals surface area (Å²) < 4.78 is 0. The third-order valence-corrected chi connectivity index (χ3v) is 1.98. The highest BCUT2D eigenvalue weighted by Gasteiger charge is 2.14. The average Bonchev–Trinajstić information content (AvgIpc) is 2.51. The number of hydrogen-bond donors (Lipinski definition) is 2. The SMILES string of the molecule is N/C(=N\O)c1cnc([N+](=O)[O-])s1. The third kappa shape index (κ3) is 1.48. The second-order valence-corrected chi connectivity index (χ2v) is 2.76. The van der Waals surface area contributed by atoms with E-state index in [4.69, 9.17) is 10.9 Å². The van der Waals surface area contributed by atoms with Gasteiger partial charge in [0.2, 0.25) is 0 Å². The Morgan fingerprint density at radius 1 is 1.92 bits per heavy atom. The normalized spacial score (nSPS) is 11.5. The third-order valence-electron chi connectivity index (χ3n) is 1.01. The van der Waals surface area contributed by atoms with E-state index in [0.29, 0.717) is 0 Å². The number of oxime groups is 1. The summed E-state index contributed by atoms with van der Waals surface area (Å²) in [6, 6.07) is 0. The van der Waals surface area contributed by atoms with Crippen LogP contribution in [0, 0.1) is 10.1 Å². The largest absolute Gasteiger partial charge is 0.423 e. The Labute approximate surface area is 70.3 Å². The van der Waals surface area contributed by atoms with Gasteiger partial charge in [0.1, 0.15) is 4.88 Å². The van der Waals surface area contributed by atoms with Crippen LogP contribution in [0.1, 0.15) is 4.88 Å². The van der Waals surface area contributed by atoms with Gasteiger partial charge in [0.15, 0.2) is 12.0 Å². The molecule has 0 saturated carbocycles. The van der Waals surface area contributed by atoms with Gasteiger partial charge in [-0.25, -0.2) is 0 Å². The fraction of sp³-hybridized carbons (Fsp3) is 0. The van der Waals surface area contributed by atoms with Crippen molar-refractivity contribution in [3.8, 4) is 0 Å². The number of thiazole rings is 1. The lowest BCUT2D eigenvalue weighted by atomic mass is 10.5. The standard InChI is InChI=1S/C4H4N4O3S/c5-3(7-9)2-1-6-4(12-2)8(10)11/h1,9H,(H2,5,7). The maximum absolute atomic E-state index is 10.1. The monoisotopic (exact) mass is 188 g/mol. The molecule has 0 spiro atoms. The Kier molecular flexibility index (Phi) is 2.19. The molecule has 0 bridgehead atoms. The lowest BCUT2D eigenvalue weighted by Gasteiger charge is -1.86. The van der Waals surface area contributed by atoms with E-state index in [1.54, 1.807) is 0 Å². The Morgan fingerprint density at radius 2 is 2.58 bits per heavy atom. The molecule has 0 aromatic carbocycles. The fourth-order valence-corrected chi connectivity index (χ4v) is 1.14. The first kappa shape index (κ1) is 8.40. The van der Waals surface area contributed by atoms with Crippen LogP contribution in [-0.2, 0) is 0 Å². The molecule has 0 aliphatic heterocycles. The number of rotatable bonds is 2. The van der Waals surface area contributed by atoms with E-state index in [1.807, 2.05) is 0 Å². The molecule has 1 aromatic heterocycles. The molecule has 0 fully saturated rings. The number of amidine groups is 1. The first-order valence-corrected chi connectivity index (χ1v) is 3.55. The summed E-state index contributed by atoms with van der Waals surface area (Å²) in [4.78, 5) is 13.2. The van der Waals surface area contributed by atoms with Crippen LogP contribution >= 0.6 is 11.3 Å². The van der Waals surface area contributed by atoms with Gasteiger partial charge in [-0.3, -0.25) is 0 Å². The van der Waals surface area contributed by atoms with Crippen LogP contribution < -0.4 is 5.73 Å². The van der Waals surface area contributed by atoms with E-state index >= 15 is 0 Å². The molecule has 0 unspecified atom stereocenters. The van der Waals surface area contributed by atoms with Crippen LogP contribution in [0.4, 0.5) is 5.13 Å². The lowest BCUT2D eigenvalue weighted by molar-refractivity contribution is -0.384. The molecular formula is C4H4N4O3S. The molecule has 0 saturated heterocycles. The minimum atomic E-state index is -0.640. The van der Waals surface area contributed by atoms with E-state index in [9.17, 15) is 10.1 Å². The van der Waals surface area contributed by atoms with Gasteiger partial charge in [-0.05, 0) is 21.2 Å². The molecule has 1 rings (SSSR count).